The third kappa shape index (κ3) is 2.54. The summed E-state index contributed by atoms with van der Waals surface area (Å²) in [6, 6.07) is 13.0. The molecule has 0 radical (unpaired) electrons. The van der Waals surface area contributed by atoms with E-state index in [9.17, 15) is 9.50 Å². The van der Waals surface area contributed by atoms with Crippen LogP contribution in [-0.4, -0.2) is 12.2 Å². The maximum absolute atomic E-state index is 14.3. The van der Waals surface area contributed by atoms with Crippen molar-refractivity contribution < 1.29 is 14.2 Å². The van der Waals surface area contributed by atoms with Crippen molar-refractivity contribution in [3.63, 3.8) is 0 Å². The second kappa shape index (κ2) is 5.49. The Kier molecular flexibility index (Phi) is 3.68. The molecule has 0 aliphatic heterocycles. The number of hydrogen-bond donors (Lipinski definition) is 1. The Hall–Kier alpha value is -1.87. The highest BCUT2D eigenvalue weighted by Gasteiger charge is 2.35. The lowest BCUT2D eigenvalue weighted by molar-refractivity contribution is 0.0182. The number of methoxy groups -OCH3 is 1. The average Bonchev–Trinajstić information content (AvgIpc) is 2.50. The summed E-state index contributed by atoms with van der Waals surface area (Å²) >= 11 is 0. The number of rotatable bonds is 3. The van der Waals surface area contributed by atoms with Gasteiger partial charge in [0.25, 0.3) is 0 Å². The van der Waals surface area contributed by atoms with Gasteiger partial charge in [-0.05, 0) is 42.0 Å². The molecule has 0 amide bonds. The highest BCUT2D eigenvalue weighted by atomic mass is 19.1. The molecule has 1 aliphatic carbocycles. The molecular formula is C18H19FO2. The van der Waals surface area contributed by atoms with E-state index in [1.807, 2.05) is 24.3 Å². The van der Waals surface area contributed by atoms with Gasteiger partial charge in [0.1, 0.15) is 0 Å². The van der Waals surface area contributed by atoms with Crippen LogP contribution in [0.2, 0.25) is 0 Å². The highest BCUT2D eigenvalue weighted by Crippen LogP contribution is 2.38. The van der Waals surface area contributed by atoms with Gasteiger partial charge in [0.15, 0.2) is 11.6 Å². The molecule has 0 saturated carbocycles. The maximum Gasteiger partial charge on any atom is 0.168 e. The Bertz CT molecular complexity index is 653. The molecule has 3 rings (SSSR count). The van der Waals surface area contributed by atoms with Crippen molar-refractivity contribution in [1.29, 1.82) is 0 Å². The van der Waals surface area contributed by atoms with E-state index in [0.717, 1.165) is 24.0 Å². The van der Waals surface area contributed by atoms with Crippen LogP contribution in [0, 0.1) is 5.82 Å². The van der Waals surface area contributed by atoms with E-state index in [2.05, 4.69) is 0 Å². The average molecular weight is 286 g/mol. The van der Waals surface area contributed by atoms with Gasteiger partial charge in [0.2, 0.25) is 0 Å². The molecule has 21 heavy (non-hydrogen) atoms. The Morgan fingerprint density at radius 1 is 1.19 bits per heavy atom. The van der Waals surface area contributed by atoms with E-state index < -0.39 is 5.60 Å². The van der Waals surface area contributed by atoms with Gasteiger partial charge >= 0.3 is 0 Å². The summed E-state index contributed by atoms with van der Waals surface area (Å²) < 4.78 is 19.4. The Labute approximate surface area is 124 Å². The fourth-order valence-electron chi connectivity index (χ4n) is 3.25. The summed E-state index contributed by atoms with van der Waals surface area (Å²) in [5.41, 5.74) is 1.59. The summed E-state index contributed by atoms with van der Waals surface area (Å²) in [6.45, 7) is 0. The van der Waals surface area contributed by atoms with Crippen LogP contribution >= 0.6 is 0 Å². The van der Waals surface area contributed by atoms with Gasteiger partial charge in [0, 0.05) is 6.42 Å². The number of ether oxygens (including phenoxy) is 1. The van der Waals surface area contributed by atoms with Crippen LogP contribution in [0.5, 0.6) is 5.75 Å². The van der Waals surface area contributed by atoms with Gasteiger partial charge in [-0.15, -0.1) is 0 Å². The first-order chi connectivity index (χ1) is 10.1. The second-order valence-electron chi connectivity index (χ2n) is 5.65. The molecule has 0 saturated heterocycles. The van der Waals surface area contributed by atoms with Crippen LogP contribution in [0.4, 0.5) is 4.39 Å². The van der Waals surface area contributed by atoms with E-state index in [1.165, 1.54) is 7.11 Å². The number of aryl methyl sites for hydroxylation is 1. The third-order valence-electron chi connectivity index (χ3n) is 4.30. The summed E-state index contributed by atoms with van der Waals surface area (Å²) in [4.78, 5) is 0. The van der Waals surface area contributed by atoms with Crippen molar-refractivity contribution in [3.05, 3.63) is 65.0 Å². The zero-order valence-corrected chi connectivity index (χ0v) is 12.1. The Morgan fingerprint density at radius 2 is 2.00 bits per heavy atom. The van der Waals surface area contributed by atoms with Gasteiger partial charge < -0.3 is 9.84 Å². The zero-order valence-electron chi connectivity index (χ0n) is 12.1. The third-order valence-corrected chi connectivity index (χ3v) is 4.30. The number of benzene rings is 2. The molecule has 2 aromatic rings. The molecule has 1 aliphatic rings. The molecule has 0 bridgehead atoms. The fourth-order valence-corrected chi connectivity index (χ4v) is 3.25. The summed E-state index contributed by atoms with van der Waals surface area (Å²) in [5, 5.41) is 11.1. The van der Waals surface area contributed by atoms with E-state index in [0.29, 0.717) is 12.0 Å². The van der Waals surface area contributed by atoms with Gasteiger partial charge in [-0.25, -0.2) is 4.39 Å². The van der Waals surface area contributed by atoms with Crippen molar-refractivity contribution in [2.75, 3.05) is 7.11 Å². The quantitative estimate of drug-likeness (QED) is 0.934. The van der Waals surface area contributed by atoms with Crippen molar-refractivity contribution in [3.8, 4) is 5.75 Å². The Morgan fingerprint density at radius 3 is 2.81 bits per heavy atom. The molecule has 1 atom stereocenters. The lowest BCUT2D eigenvalue weighted by Crippen LogP contribution is -2.33. The van der Waals surface area contributed by atoms with Crippen molar-refractivity contribution in [2.24, 2.45) is 0 Å². The fraction of sp³-hybridized carbons (Fsp3) is 0.333. The molecule has 0 spiro atoms. The monoisotopic (exact) mass is 286 g/mol. The van der Waals surface area contributed by atoms with Crippen molar-refractivity contribution in [1.82, 2.24) is 0 Å². The Balaban J connectivity index is 1.99. The van der Waals surface area contributed by atoms with E-state index in [1.54, 1.807) is 18.2 Å². The molecule has 0 heterocycles. The van der Waals surface area contributed by atoms with Gasteiger partial charge in [-0.3, -0.25) is 0 Å². The number of hydrogen-bond acceptors (Lipinski definition) is 2. The number of aliphatic hydroxyl groups is 1. The highest BCUT2D eigenvalue weighted by molar-refractivity contribution is 5.38. The minimum atomic E-state index is -0.998. The molecule has 1 N–H and O–H groups in total. The van der Waals surface area contributed by atoms with Crippen LogP contribution in [0.3, 0.4) is 0 Å². The van der Waals surface area contributed by atoms with E-state index in [4.69, 9.17) is 4.74 Å². The molecule has 2 nitrogen and oxygen atoms in total. The predicted molar refractivity (Wildman–Crippen MR) is 79.9 cm³/mol. The van der Waals surface area contributed by atoms with Crippen LogP contribution in [-0.2, 0) is 18.4 Å². The maximum atomic E-state index is 14.3. The lowest BCUT2D eigenvalue weighted by Gasteiger charge is -2.35. The predicted octanol–water partition coefficient (Wildman–Crippen LogP) is 3.60. The van der Waals surface area contributed by atoms with Crippen LogP contribution in [0.25, 0.3) is 0 Å². The van der Waals surface area contributed by atoms with E-state index in [-0.39, 0.29) is 18.0 Å². The topological polar surface area (TPSA) is 29.5 Å². The minimum Gasteiger partial charge on any atom is -0.494 e. The molecule has 1 unspecified atom stereocenters. The summed E-state index contributed by atoms with van der Waals surface area (Å²) in [7, 11) is 1.45. The zero-order chi connectivity index (χ0) is 14.9. The lowest BCUT2D eigenvalue weighted by atomic mass is 9.76. The molecule has 3 heteroatoms. The first-order valence-electron chi connectivity index (χ1n) is 7.26. The molecule has 0 fully saturated rings. The molecule has 2 aromatic carbocycles. The summed E-state index contributed by atoms with van der Waals surface area (Å²) in [6.07, 6.45) is 2.81. The van der Waals surface area contributed by atoms with Crippen molar-refractivity contribution >= 4 is 0 Å². The first kappa shape index (κ1) is 14.1. The number of fused-ring (bicyclic) bond motifs is 1. The SMILES string of the molecule is COc1cccc(CC2(O)CCCc3ccccc32)c1F. The number of halogens is 1. The summed E-state index contributed by atoms with van der Waals surface area (Å²) in [5.74, 6) is -0.156. The van der Waals surface area contributed by atoms with Gasteiger partial charge in [-0.1, -0.05) is 36.4 Å². The molecular weight excluding hydrogens is 267 g/mol. The first-order valence-corrected chi connectivity index (χ1v) is 7.26. The molecule has 0 aromatic heterocycles. The van der Waals surface area contributed by atoms with Crippen LogP contribution in [0.1, 0.15) is 29.5 Å². The minimum absolute atomic E-state index is 0.222. The van der Waals surface area contributed by atoms with Gasteiger partial charge in [0.05, 0.1) is 12.7 Å². The largest absolute Gasteiger partial charge is 0.494 e. The molecule has 110 valence electrons. The smallest absolute Gasteiger partial charge is 0.168 e. The standard InChI is InChI=1S/C18H19FO2/c1-21-16-10-4-7-14(17(16)19)12-18(20)11-5-8-13-6-2-3-9-15(13)18/h2-4,6-7,9-10,20H,5,8,11-12H2,1H3. The normalized spacial score (nSPS) is 20.9. The van der Waals surface area contributed by atoms with Gasteiger partial charge in [-0.2, -0.15) is 0 Å². The van der Waals surface area contributed by atoms with Crippen molar-refractivity contribution in [2.45, 2.75) is 31.3 Å². The van der Waals surface area contributed by atoms with Crippen LogP contribution < -0.4 is 4.74 Å². The second-order valence-corrected chi connectivity index (χ2v) is 5.65. The van der Waals surface area contributed by atoms with Crippen LogP contribution in [0.15, 0.2) is 42.5 Å². The van der Waals surface area contributed by atoms with E-state index >= 15 is 0 Å².